The van der Waals surface area contributed by atoms with Gasteiger partial charge in [-0.15, -0.1) is 0 Å². The Balaban J connectivity index is 1.46. The minimum Gasteiger partial charge on any atom is -0.393 e. The number of nitrogens with one attached hydrogen (secondary N) is 1. The molecule has 2 aliphatic rings. The van der Waals surface area contributed by atoms with Crippen molar-refractivity contribution in [2.45, 2.75) is 58.1 Å². The maximum atomic E-state index is 12.6. The lowest BCUT2D eigenvalue weighted by Gasteiger charge is -2.30. The molecule has 1 saturated heterocycles. The Morgan fingerprint density at radius 1 is 1.21 bits per heavy atom. The van der Waals surface area contributed by atoms with Gasteiger partial charge in [0.25, 0.3) is 0 Å². The van der Waals surface area contributed by atoms with Crippen molar-refractivity contribution in [2.75, 3.05) is 19.6 Å². The summed E-state index contributed by atoms with van der Waals surface area (Å²) in [4.78, 5) is 14.7. The van der Waals surface area contributed by atoms with Gasteiger partial charge in [0.15, 0.2) is 0 Å². The highest BCUT2D eigenvalue weighted by Crippen LogP contribution is 2.31. The summed E-state index contributed by atoms with van der Waals surface area (Å²) >= 11 is 0. The van der Waals surface area contributed by atoms with Crippen molar-refractivity contribution in [3.8, 4) is 5.69 Å². The predicted octanol–water partition coefficient (Wildman–Crippen LogP) is 2.44. The number of hydrogen-bond acceptors (Lipinski definition) is 4. The van der Waals surface area contributed by atoms with Crippen molar-refractivity contribution in [2.24, 2.45) is 0 Å². The van der Waals surface area contributed by atoms with Crippen LogP contribution in [0.25, 0.3) is 5.69 Å². The Morgan fingerprint density at radius 2 is 2.00 bits per heavy atom. The summed E-state index contributed by atoms with van der Waals surface area (Å²) < 4.78 is 2.03. The van der Waals surface area contributed by atoms with Crippen LogP contribution in [0.1, 0.15) is 54.1 Å². The number of aromatic nitrogens is 2. The molecule has 1 amide bonds. The van der Waals surface area contributed by atoms with E-state index in [9.17, 15) is 9.90 Å². The van der Waals surface area contributed by atoms with E-state index < -0.39 is 0 Å². The molecule has 6 heteroatoms. The highest BCUT2D eigenvalue weighted by Gasteiger charge is 2.27. The van der Waals surface area contributed by atoms with Crippen LogP contribution < -0.4 is 5.32 Å². The standard InChI is InChI=1S/C22H30N4O2/c1-15-6-7-17(12-16(15)2)26-21-5-3-4-20(19(21)13-23-26)24-22(28)14-25-10-8-18(27)9-11-25/h6-7,12-13,18,20,27H,3-5,8-11,14H2,1-2H3,(H,24,28)/t20-/m1/s1. The third kappa shape index (κ3) is 3.98. The van der Waals surface area contributed by atoms with Crippen molar-refractivity contribution >= 4 is 5.91 Å². The lowest BCUT2D eigenvalue weighted by Crippen LogP contribution is -2.43. The number of nitrogens with zero attached hydrogens (tertiary/aromatic N) is 3. The molecule has 6 nitrogen and oxygen atoms in total. The molecule has 0 saturated carbocycles. The van der Waals surface area contributed by atoms with Crippen LogP contribution in [0.15, 0.2) is 24.4 Å². The number of fused-ring (bicyclic) bond motifs is 1. The Bertz CT molecular complexity index is 852. The van der Waals surface area contributed by atoms with E-state index in [4.69, 9.17) is 0 Å². The molecule has 2 aromatic rings. The smallest absolute Gasteiger partial charge is 0.234 e. The van der Waals surface area contributed by atoms with Gasteiger partial charge in [-0.3, -0.25) is 9.69 Å². The molecule has 0 bridgehead atoms. The molecule has 1 aliphatic heterocycles. The quantitative estimate of drug-likeness (QED) is 0.852. The number of amides is 1. The lowest BCUT2D eigenvalue weighted by atomic mass is 9.92. The van der Waals surface area contributed by atoms with Crippen molar-refractivity contribution < 1.29 is 9.90 Å². The zero-order chi connectivity index (χ0) is 19.7. The van der Waals surface area contributed by atoms with E-state index in [0.717, 1.165) is 56.4 Å². The van der Waals surface area contributed by atoms with Crippen LogP contribution >= 0.6 is 0 Å². The summed E-state index contributed by atoms with van der Waals surface area (Å²) in [6.07, 6.45) is 6.20. The first-order chi connectivity index (χ1) is 13.5. The SMILES string of the molecule is Cc1ccc(-n2ncc3c2CCC[C@H]3NC(=O)CN2CCC(O)CC2)cc1C. The predicted molar refractivity (Wildman–Crippen MR) is 109 cm³/mol. The molecule has 1 aromatic heterocycles. The van der Waals surface area contributed by atoms with E-state index in [1.165, 1.54) is 16.8 Å². The van der Waals surface area contributed by atoms with Crippen molar-refractivity contribution in [3.05, 3.63) is 46.8 Å². The molecule has 1 aromatic carbocycles. The number of hydrogen-bond donors (Lipinski definition) is 2. The number of carbonyl (C=O) groups is 1. The first-order valence-corrected chi connectivity index (χ1v) is 10.4. The van der Waals surface area contributed by atoms with E-state index in [-0.39, 0.29) is 18.1 Å². The number of piperidine rings is 1. The normalized spacial score (nSPS) is 20.8. The van der Waals surface area contributed by atoms with Crippen molar-refractivity contribution in [1.82, 2.24) is 20.0 Å². The molecule has 0 unspecified atom stereocenters. The van der Waals surface area contributed by atoms with E-state index in [1.54, 1.807) is 0 Å². The summed E-state index contributed by atoms with van der Waals surface area (Å²) in [5.41, 5.74) is 5.98. The van der Waals surface area contributed by atoms with Crippen LogP contribution in [0.4, 0.5) is 0 Å². The number of aliphatic hydroxyl groups excluding tert-OH is 1. The van der Waals surface area contributed by atoms with Crippen LogP contribution in [0.5, 0.6) is 0 Å². The Hall–Kier alpha value is -2.18. The van der Waals surface area contributed by atoms with Gasteiger partial charge in [-0.25, -0.2) is 4.68 Å². The maximum absolute atomic E-state index is 12.6. The first-order valence-electron chi connectivity index (χ1n) is 10.4. The number of aliphatic hydroxyl groups is 1. The van der Waals surface area contributed by atoms with Gasteiger partial charge in [-0.05, 0) is 69.2 Å². The lowest BCUT2D eigenvalue weighted by molar-refractivity contribution is -0.123. The molecule has 0 spiro atoms. The fourth-order valence-corrected chi connectivity index (χ4v) is 4.31. The zero-order valence-corrected chi connectivity index (χ0v) is 16.8. The van der Waals surface area contributed by atoms with Gasteiger partial charge in [0.05, 0.1) is 30.6 Å². The third-order valence-corrected chi connectivity index (χ3v) is 6.18. The van der Waals surface area contributed by atoms with Crippen molar-refractivity contribution in [1.29, 1.82) is 0 Å². The van der Waals surface area contributed by atoms with Crippen LogP contribution in [-0.2, 0) is 11.2 Å². The van der Waals surface area contributed by atoms with Gasteiger partial charge in [-0.2, -0.15) is 5.10 Å². The number of aryl methyl sites for hydroxylation is 2. The molecule has 2 heterocycles. The molecular weight excluding hydrogens is 352 g/mol. The molecule has 1 atom stereocenters. The zero-order valence-electron chi connectivity index (χ0n) is 16.8. The first kappa shape index (κ1) is 19.2. The second kappa shape index (κ2) is 8.05. The second-order valence-electron chi connectivity index (χ2n) is 8.25. The molecule has 4 rings (SSSR count). The van der Waals surface area contributed by atoms with E-state index in [1.807, 2.05) is 10.9 Å². The number of rotatable bonds is 4. The Morgan fingerprint density at radius 3 is 2.75 bits per heavy atom. The highest BCUT2D eigenvalue weighted by molar-refractivity contribution is 5.78. The number of likely N-dealkylation sites (tertiary alicyclic amines) is 1. The van der Waals surface area contributed by atoms with E-state index >= 15 is 0 Å². The van der Waals surface area contributed by atoms with Crippen molar-refractivity contribution in [3.63, 3.8) is 0 Å². The average molecular weight is 383 g/mol. The summed E-state index contributed by atoms with van der Waals surface area (Å²) in [6.45, 7) is 6.22. The molecule has 28 heavy (non-hydrogen) atoms. The van der Waals surface area contributed by atoms with Crippen LogP contribution in [0.2, 0.25) is 0 Å². The van der Waals surface area contributed by atoms with Gasteiger partial charge in [0, 0.05) is 24.3 Å². The van der Waals surface area contributed by atoms with Gasteiger partial charge in [0.2, 0.25) is 5.91 Å². The van der Waals surface area contributed by atoms with E-state index in [0.29, 0.717) is 6.54 Å². The van der Waals surface area contributed by atoms with Crippen LogP contribution in [0, 0.1) is 13.8 Å². The minimum atomic E-state index is -0.212. The summed E-state index contributed by atoms with van der Waals surface area (Å²) in [5, 5.41) is 17.5. The van der Waals surface area contributed by atoms with Crippen LogP contribution in [-0.4, -0.2) is 51.4 Å². The minimum absolute atomic E-state index is 0.0342. The fourth-order valence-electron chi connectivity index (χ4n) is 4.31. The molecule has 1 aliphatic carbocycles. The van der Waals surface area contributed by atoms with E-state index in [2.05, 4.69) is 47.4 Å². The second-order valence-corrected chi connectivity index (χ2v) is 8.25. The van der Waals surface area contributed by atoms with Crippen LogP contribution in [0.3, 0.4) is 0 Å². The largest absolute Gasteiger partial charge is 0.393 e. The number of carbonyl (C=O) groups excluding carboxylic acids is 1. The number of benzene rings is 1. The summed E-state index contributed by atoms with van der Waals surface area (Å²) in [7, 11) is 0. The molecule has 2 N–H and O–H groups in total. The van der Waals surface area contributed by atoms with Gasteiger partial charge in [-0.1, -0.05) is 6.07 Å². The monoisotopic (exact) mass is 382 g/mol. The third-order valence-electron chi connectivity index (χ3n) is 6.18. The molecule has 0 radical (unpaired) electrons. The maximum Gasteiger partial charge on any atom is 0.234 e. The Labute approximate surface area is 166 Å². The van der Waals surface area contributed by atoms with Gasteiger partial charge in [0.1, 0.15) is 0 Å². The molecular formula is C22H30N4O2. The summed E-state index contributed by atoms with van der Waals surface area (Å²) in [5.74, 6) is 0.0631. The topological polar surface area (TPSA) is 70.4 Å². The average Bonchev–Trinajstić information content (AvgIpc) is 3.11. The fraction of sp³-hybridized carbons (Fsp3) is 0.545. The van der Waals surface area contributed by atoms with Gasteiger partial charge >= 0.3 is 0 Å². The highest BCUT2D eigenvalue weighted by atomic mass is 16.3. The summed E-state index contributed by atoms with van der Waals surface area (Å²) in [6, 6.07) is 6.46. The van der Waals surface area contributed by atoms with Gasteiger partial charge < -0.3 is 10.4 Å². The molecule has 150 valence electrons. The Kier molecular flexibility index (Phi) is 5.51. The molecule has 1 fully saturated rings.